The molecule has 0 fully saturated rings. The molecule has 0 aliphatic carbocycles. The molecule has 0 bridgehead atoms. The summed E-state index contributed by atoms with van der Waals surface area (Å²) < 4.78 is 27.5. The van der Waals surface area contributed by atoms with Crippen LogP contribution >= 0.6 is 0 Å². The van der Waals surface area contributed by atoms with Gasteiger partial charge in [-0.25, -0.2) is 13.8 Å². The quantitative estimate of drug-likeness (QED) is 0.775. The summed E-state index contributed by atoms with van der Waals surface area (Å²) in [5, 5.41) is 5.63. The number of anilines is 1. The van der Waals surface area contributed by atoms with Crippen LogP contribution in [0.3, 0.4) is 0 Å². The fourth-order valence-corrected chi connectivity index (χ4v) is 2.08. The maximum atomic E-state index is 13.1. The van der Waals surface area contributed by atoms with E-state index < -0.39 is 11.6 Å². The van der Waals surface area contributed by atoms with Crippen molar-refractivity contribution in [3.63, 3.8) is 0 Å². The van der Waals surface area contributed by atoms with Gasteiger partial charge < -0.3 is 5.32 Å². The first kappa shape index (κ1) is 14.2. The van der Waals surface area contributed by atoms with Crippen molar-refractivity contribution in [2.24, 2.45) is 0 Å². The van der Waals surface area contributed by atoms with E-state index in [2.05, 4.69) is 20.4 Å². The van der Waals surface area contributed by atoms with Gasteiger partial charge in [-0.2, -0.15) is 9.50 Å². The van der Waals surface area contributed by atoms with Gasteiger partial charge in [-0.15, -0.1) is 0 Å². The average Bonchev–Trinajstić information content (AvgIpc) is 2.85. The number of H-pyrrole nitrogens is 1. The number of hydrogen-bond donors (Lipinski definition) is 2. The third kappa shape index (κ3) is 2.54. The number of aromatic nitrogens is 4. The topological polar surface area (TPSA) is 75.1 Å². The van der Waals surface area contributed by atoms with E-state index in [4.69, 9.17) is 0 Å². The Bertz CT molecular complexity index is 895. The zero-order valence-corrected chi connectivity index (χ0v) is 11.9. The summed E-state index contributed by atoms with van der Waals surface area (Å²) in [6, 6.07) is 3.24. The molecule has 2 heterocycles. The fourth-order valence-electron chi connectivity index (χ4n) is 2.08. The second-order valence-corrected chi connectivity index (χ2v) is 4.97. The van der Waals surface area contributed by atoms with Gasteiger partial charge in [-0.1, -0.05) is 0 Å². The van der Waals surface area contributed by atoms with E-state index in [-0.39, 0.29) is 17.9 Å². The SMILES string of the molecule is Cc1nc2nc(NCc3cc(F)cc(F)c3)[nH]n2c(=O)c1C. The molecule has 0 aliphatic rings. The summed E-state index contributed by atoms with van der Waals surface area (Å²) in [6.07, 6.45) is 0. The third-order valence-corrected chi connectivity index (χ3v) is 3.35. The maximum absolute atomic E-state index is 13.1. The Labute approximate surface area is 123 Å². The van der Waals surface area contributed by atoms with E-state index in [1.165, 1.54) is 16.6 Å². The summed E-state index contributed by atoms with van der Waals surface area (Å²) in [5.41, 5.74) is 1.32. The van der Waals surface area contributed by atoms with Gasteiger partial charge in [0.15, 0.2) is 0 Å². The fraction of sp³-hybridized carbons (Fsp3) is 0.214. The van der Waals surface area contributed by atoms with Crippen molar-refractivity contribution in [2.75, 3.05) is 5.32 Å². The van der Waals surface area contributed by atoms with E-state index in [1.54, 1.807) is 13.8 Å². The number of nitrogens with one attached hydrogen (secondary N) is 2. The van der Waals surface area contributed by atoms with Gasteiger partial charge in [0.25, 0.3) is 11.3 Å². The molecule has 22 heavy (non-hydrogen) atoms. The first-order valence-corrected chi connectivity index (χ1v) is 6.59. The molecular formula is C14H13F2N5O. The smallest absolute Gasteiger partial charge is 0.277 e. The highest BCUT2D eigenvalue weighted by Crippen LogP contribution is 2.10. The lowest BCUT2D eigenvalue weighted by Crippen LogP contribution is -2.19. The van der Waals surface area contributed by atoms with Crippen LogP contribution in [0.25, 0.3) is 5.78 Å². The lowest BCUT2D eigenvalue weighted by molar-refractivity contribution is 0.580. The molecule has 2 N–H and O–H groups in total. The zero-order valence-electron chi connectivity index (χ0n) is 11.9. The van der Waals surface area contributed by atoms with E-state index in [9.17, 15) is 13.6 Å². The largest absolute Gasteiger partial charge is 0.351 e. The lowest BCUT2D eigenvalue weighted by Gasteiger charge is -2.03. The van der Waals surface area contributed by atoms with Crippen LogP contribution in [0.5, 0.6) is 0 Å². The van der Waals surface area contributed by atoms with Gasteiger partial charge in [0.2, 0.25) is 5.95 Å². The van der Waals surface area contributed by atoms with Crippen molar-refractivity contribution in [3.05, 3.63) is 57.0 Å². The van der Waals surface area contributed by atoms with Crippen LogP contribution in [0.2, 0.25) is 0 Å². The molecule has 8 heteroatoms. The highest BCUT2D eigenvalue weighted by Gasteiger charge is 2.10. The molecule has 3 aromatic rings. The van der Waals surface area contributed by atoms with Crippen LogP contribution in [0.4, 0.5) is 14.7 Å². The molecule has 0 atom stereocenters. The normalized spacial score (nSPS) is 11.1. The minimum absolute atomic E-state index is 0.154. The molecule has 0 aliphatic heterocycles. The van der Waals surface area contributed by atoms with Crippen molar-refractivity contribution >= 4 is 11.7 Å². The van der Waals surface area contributed by atoms with Gasteiger partial charge in [-0.3, -0.25) is 9.89 Å². The van der Waals surface area contributed by atoms with Crippen molar-refractivity contribution < 1.29 is 8.78 Å². The van der Waals surface area contributed by atoms with Gasteiger partial charge >= 0.3 is 0 Å². The molecule has 1 aromatic carbocycles. The van der Waals surface area contributed by atoms with Gasteiger partial charge in [-0.05, 0) is 31.5 Å². The van der Waals surface area contributed by atoms with Crippen LogP contribution in [0.1, 0.15) is 16.8 Å². The molecule has 0 unspecified atom stereocenters. The Morgan fingerprint density at radius 2 is 1.86 bits per heavy atom. The Morgan fingerprint density at radius 1 is 1.18 bits per heavy atom. The van der Waals surface area contributed by atoms with E-state index in [0.717, 1.165) is 6.07 Å². The molecule has 0 spiro atoms. The summed E-state index contributed by atoms with van der Waals surface area (Å²) in [6.45, 7) is 3.57. The number of hydrogen-bond acceptors (Lipinski definition) is 4. The molecular weight excluding hydrogens is 292 g/mol. The Kier molecular flexibility index (Phi) is 3.36. The Hall–Kier alpha value is -2.77. The number of aryl methyl sites for hydroxylation is 1. The lowest BCUT2D eigenvalue weighted by atomic mass is 10.2. The first-order chi connectivity index (χ1) is 10.4. The summed E-state index contributed by atoms with van der Waals surface area (Å²) in [7, 11) is 0. The van der Waals surface area contributed by atoms with Crippen LogP contribution in [0, 0.1) is 25.5 Å². The molecule has 6 nitrogen and oxygen atoms in total. The van der Waals surface area contributed by atoms with Crippen LogP contribution in [-0.4, -0.2) is 19.6 Å². The highest BCUT2D eigenvalue weighted by molar-refractivity contribution is 5.39. The van der Waals surface area contributed by atoms with Crippen molar-refractivity contribution in [1.29, 1.82) is 0 Å². The standard InChI is InChI=1S/C14H13F2N5O/c1-7-8(2)18-14-19-13(20-21(14)12(7)22)17-6-9-3-10(15)5-11(16)4-9/h3-5H,6H2,1-2H3,(H2,17,18,19,20). The van der Waals surface area contributed by atoms with Crippen LogP contribution in [0.15, 0.2) is 23.0 Å². The van der Waals surface area contributed by atoms with E-state index >= 15 is 0 Å². The van der Waals surface area contributed by atoms with E-state index in [1.807, 2.05) is 0 Å². The van der Waals surface area contributed by atoms with Crippen LogP contribution in [-0.2, 0) is 6.54 Å². The first-order valence-electron chi connectivity index (χ1n) is 6.59. The highest BCUT2D eigenvalue weighted by atomic mass is 19.1. The molecule has 0 saturated heterocycles. The monoisotopic (exact) mass is 305 g/mol. The van der Waals surface area contributed by atoms with E-state index in [0.29, 0.717) is 22.8 Å². The van der Waals surface area contributed by atoms with Gasteiger partial charge in [0.05, 0.1) is 0 Å². The van der Waals surface area contributed by atoms with Crippen molar-refractivity contribution in [3.8, 4) is 0 Å². The van der Waals surface area contributed by atoms with Gasteiger partial charge in [0, 0.05) is 23.9 Å². The minimum Gasteiger partial charge on any atom is -0.351 e. The zero-order chi connectivity index (χ0) is 15.9. The molecule has 0 saturated carbocycles. The predicted molar refractivity (Wildman–Crippen MR) is 76.8 cm³/mol. The Morgan fingerprint density at radius 3 is 2.55 bits per heavy atom. The number of nitrogens with zero attached hydrogens (tertiary/aromatic N) is 3. The number of rotatable bonds is 3. The van der Waals surface area contributed by atoms with Gasteiger partial charge in [0.1, 0.15) is 11.6 Å². The molecule has 114 valence electrons. The molecule has 3 rings (SSSR count). The number of halogens is 2. The minimum atomic E-state index is -0.648. The number of aromatic amines is 1. The van der Waals surface area contributed by atoms with Crippen LogP contribution < -0.4 is 10.9 Å². The predicted octanol–water partition coefficient (Wildman–Crippen LogP) is 1.92. The van der Waals surface area contributed by atoms with Crippen molar-refractivity contribution in [2.45, 2.75) is 20.4 Å². The average molecular weight is 305 g/mol. The summed E-state index contributed by atoms with van der Waals surface area (Å²) >= 11 is 0. The number of benzene rings is 1. The second kappa shape index (κ2) is 5.21. The molecule has 0 radical (unpaired) electrons. The van der Waals surface area contributed by atoms with Crippen molar-refractivity contribution in [1.82, 2.24) is 19.6 Å². The molecule has 0 amide bonds. The third-order valence-electron chi connectivity index (χ3n) is 3.35. The molecule has 2 aromatic heterocycles. The number of fused-ring (bicyclic) bond motifs is 1. The summed E-state index contributed by atoms with van der Waals surface area (Å²) in [4.78, 5) is 20.4. The Balaban J connectivity index is 1.88. The maximum Gasteiger partial charge on any atom is 0.277 e. The summed E-state index contributed by atoms with van der Waals surface area (Å²) in [5.74, 6) is -0.767. The second-order valence-electron chi connectivity index (χ2n) is 4.97.